The molecule has 5 nitrogen and oxygen atoms in total. The Bertz CT molecular complexity index is 867. The molecule has 2 N–H and O–H groups in total. The van der Waals surface area contributed by atoms with Gasteiger partial charge in [-0.2, -0.15) is 13.2 Å². The molecular weight excluding hydrogens is 321 g/mol. The molecule has 8 heteroatoms. The van der Waals surface area contributed by atoms with Crippen LogP contribution in [-0.2, 0) is 19.3 Å². The molecule has 0 aliphatic rings. The van der Waals surface area contributed by atoms with Crippen molar-refractivity contribution in [1.82, 2.24) is 15.0 Å². The lowest BCUT2D eigenvalue weighted by atomic mass is 10.1. The zero-order chi connectivity index (χ0) is 17.2. The van der Waals surface area contributed by atoms with Crippen molar-refractivity contribution in [2.24, 2.45) is 0 Å². The van der Waals surface area contributed by atoms with Crippen molar-refractivity contribution in [3.8, 4) is 0 Å². The molecule has 1 aromatic carbocycles. The van der Waals surface area contributed by atoms with Crippen LogP contribution in [0.15, 0.2) is 42.6 Å². The molecule has 0 unspecified atom stereocenters. The van der Waals surface area contributed by atoms with Crippen molar-refractivity contribution in [3.63, 3.8) is 0 Å². The van der Waals surface area contributed by atoms with Crippen LogP contribution in [0.5, 0.6) is 0 Å². The number of anilines is 1. The predicted octanol–water partition coefficient (Wildman–Crippen LogP) is 3.15. The van der Waals surface area contributed by atoms with Gasteiger partial charge in [-0.3, -0.25) is 0 Å². The summed E-state index contributed by atoms with van der Waals surface area (Å²) in [5.41, 5.74) is -0.231. The number of nitrogens with one attached hydrogen (secondary N) is 1. The SMILES string of the molecule is OCc1nc(NCc2ccccc2C(F)(F)F)c2cccnc2n1. The number of hydrogen-bond donors (Lipinski definition) is 2. The largest absolute Gasteiger partial charge is 0.416 e. The fraction of sp³-hybridized carbons (Fsp3) is 0.188. The summed E-state index contributed by atoms with van der Waals surface area (Å²) in [4.78, 5) is 12.3. The van der Waals surface area contributed by atoms with Crippen LogP contribution in [0.3, 0.4) is 0 Å². The van der Waals surface area contributed by atoms with Gasteiger partial charge in [-0.15, -0.1) is 0 Å². The van der Waals surface area contributed by atoms with Crippen molar-refractivity contribution < 1.29 is 18.3 Å². The lowest BCUT2D eigenvalue weighted by Gasteiger charge is -2.14. The number of nitrogens with zero attached hydrogens (tertiary/aromatic N) is 3. The summed E-state index contributed by atoms with van der Waals surface area (Å²) in [5, 5.41) is 12.7. The molecule has 3 rings (SSSR count). The third-order valence-electron chi connectivity index (χ3n) is 3.43. The third-order valence-corrected chi connectivity index (χ3v) is 3.43. The van der Waals surface area contributed by atoms with Gasteiger partial charge in [-0.25, -0.2) is 15.0 Å². The van der Waals surface area contributed by atoms with Gasteiger partial charge in [0.15, 0.2) is 11.5 Å². The van der Waals surface area contributed by atoms with E-state index in [9.17, 15) is 18.3 Å². The van der Waals surface area contributed by atoms with Crippen molar-refractivity contribution in [3.05, 3.63) is 59.5 Å². The van der Waals surface area contributed by atoms with Crippen LogP contribution in [0, 0.1) is 0 Å². The molecule has 0 radical (unpaired) electrons. The lowest BCUT2D eigenvalue weighted by Crippen LogP contribution is -2.13. The van der Waals surface area contributed by atoms with Crippen LogP contribution in [0.25, 0.3) is 11.0 Å². The number of hydrogen-bond acceptors (Lipinski definition) is 5. The number of fused-ring (bicyclic) bond motifs is 1. The summed E-state index contributed by atoms with van der Waals surface area (Å²) in [5.74, 6) is 0.474. The van der Waals surface area contributed by atoms with Gasteiger partial charge in [0, 0.05) is 12.7 Å². The molecule has 2 heterocycles. The summed E-state index contributed by atoms with van der Waals surface area (Å²) < 4.78 is 39.1. The first-order chi connectivity index (χ1) is 11.5. The Morgan fingerprint density at radius 2 is 1.83 bits per heavy atom. The zero-order valence-electron chi connectivity index (χ0n) is 12.4. The summed E-state index contributed by atoms with van der Waals surface area (Å²) in [6.07, 6.45) is -2.89. The monoisotopic (exact) mass is 334 g/mol. The molecule has 0 amide bonds. The van der Waals surface area contributed by atoms with Crippen molar-refractivity contribution >= 4 is 16.9 Å². The standard InChI is InChI=1S/C16H13F3N4O/c17-16(18,19)12-6-2-1-4-10(12)8-21-15-11-5-3-7-20-14(11)22-13(9-24)23-15/h1-7,24H,8-9H2,(H,20,21,22,23). The van der Waals surface area contributed by atoms with E-state index in [0.717, 1.165) is 6.07 Å². The quantitative estimate of drug-likeness (QED) is 0.767. The number of halogens is 3. The maximum absolute atomic E-state index is 13.0. The molecule has 0 saturated carbocycles. The molecule has 2 aromatic heterocycles. The predicted molar refractivity (Wildman–Crippen MR) is 82.0 cm³/mol. The van der Waals surface area contributed by atoms with Crippen molar-refractivity contribution in [1.29, 1.82) is 0 Å². The summed E-state index contributed by atoms with van der Waals surface area (Å²) in [7, 11) is 0. The minimum absolute atomic E-state index is 0.0679. The van der Waals surface area contributed by atoms with E-state index >= 15 is 0 Å². The second kappa shape index (κ2) is 6.40. The summed E-state index contributed by atoms with van der Waals surface area (Å²) in [6, 6.07) is 8.73. The second-order valence-electron chi connectivity index (χ2n) is 5.03. The highest BCUT2D eigenvalue weighted by molar-refractivity contribution is 5.86. The van der Waals surface area contributed by atoms with Gasteiger partial charge in [0.1, 0.15) is 12.4 Å². The Morgan fingerprint density at radius 3 is 2.58 bits per heavy atom. The molecule has 0 aliphatic carbocycles. The van der Waals surface area contributed by atoms with Crippen LogP contribution in [0.2, 0.25) is 0 Å². The van der Waals surface area contributed by atoms with E-state index in [4.69, 9.17) is 0 Å². The van der Waals surface area contributed by atoms with E-state index in [1.165, 1.54) is 12.1 Å². The number of rotatable bonds is 4. The second-order valence-corrected chi connectivity index (χ2v) is 5.03. The van der Waals surface area contributed by atoms with Gasteiger partial charge >= 0.3 is 6.18 Å². The van der Waals surface area contributed by atoms with E-state index in [2.05, 4.69) is 20.3 Å². The highest BCUT2D eigenvalue weighted by Gasteiger charge is 2.32. The van der Waals surface area contributed by atoms with E-state index in [1.54, 1.807) is 24.4 Å². The Balaban J connectivity index is 1.95. The number of aromatic nitrogens is 3. The first kappa shape index (κ1) is 16.1. The van der Waals surface area contributed by atoms with E-state index < -0.39 is 11.7 Å². The van der Waals surface area contributed by atoms with Crippen LogP contribution in [-0.4, -0.2) is 20.1 Å². The molecule has 0 spiro atoms. The maximum Gasteiger partial charge on any atom is 0.416 e. The summed E-state index contributed by atoms with van der Waals surface area (Å²) >= 11 is 0. The van der Waals surface area contributed by atoms with Gasteiger partial charge in [-0.05, 0) is 23.8 Å². The average molecular weight is 334 g/mol. The smallest absolute Gasteiger partial charge is 0.388 e. The Kier molecular flexibility index (Phi) is 4.30. The summed E-state index contributed by atoms with van der Waals surface area (Å²) in [6.45, 7) is -0.456. The van der Waals surface area contributed by atoms with E-state index in [0.29, 0.717) is 16.9 Å². The van der Waals surface area contributed by atoms with Crippen LogP contribution in [0.1, 0.15) is 17.0 Å². The highest BCUT2D eigenvalue weighted by atomic mass is 19.4. The van der Waals surface area contributed by atoms with Crippen LogP contribution < -0.4 is 5.32 Å². The topological polar surface area (TPSA) is 70.9 Å². The molecule has 124 valence electrons. The molecule has 3 aromatic rings. The Hall–Kier alpha value is -2.74. The molecule has 0 saturated heterocycles. The van der Waals surface area contributed by atoms with Gasteiger partial charge in [0.25, 0.3) is 0 Å². The molecule has 0 bridgehead atoms. The molecule has 0 fully saturated rings. The van der Waals surface area contributed by atoms with Crippen LogP contribution >= 0.6 is 0 Å². The number of aliphatic hydroxyl groups is 1. The van der Waals surface area contributed by atoms with Gasteiger partial charge < -0.3 is 10.4 Å². The normalized spacial score (nSPS) is 11.7. The fourth-order valence-electron chi connectivity index (χ4n) is 2.34. The van der Waals surface area contributed by atoms with Gasteiger partial charge in [-0.1, -0.05) is 18.2 Å². The maximum atomic E-state index is 13.0. The number of pyridine rings is 1. The molecular formula is C16H13F3N4O. The first-order valence-electron chi connectivity index (χ1n) is 7.10. The molecule has 0 atom stereocenters. The molecule has 0 aliphatic heterocycles. The lowest BCUT2D eigenvalue weighted by molar-refractivity contribution is -0.138. The highest BCUT2D eigenvalue weighted by Crippen LogP contribution is 2.32. The van der Waals surface area contributed by atoms with Gasteiger partial charge in [0.05, 0.1) is 10.9 Å². The minimum atomic E-state index is -4.43. The number of alkyl halides is 3. The first-order valence-corrected chi connectivity index (χ1v) is 7.10. The zero-order valence-corrected chi connectivity index (χ0v) is 12.4. The number of aliphatic hydroxyl groups excluding tert-OH is 1. The van der Waals surface area contributed by atoms with E-state index in [-0.39, 0.29) is 24.5 Å². The van der Waals surface area contributed by atoms with Crippen molar-refractivity contribution in [2.75, 3.05) is 5.32 Å². The van der Waals surface area contributed by atoms with E-state index in [1.807, 2.05) is 0 Å². The van der Waals surface area contributed by atoms with Gasteiger partial charge in [0.2, 0.25) is 0 Å². The van der Waals surface area contributed by atoms with Crippen LogP contribution in [0.4, 0.5) is 19.0 Å². The number of benzene rings is 1. The van der Waals surface area contributed by atoms with Crippen molar-refractivity contribution in [2.45, 2.75) is 19.3 Å². The Labute approximate surface area is 135 Å². The minimum Gasteiger partial charge on any atom is -0.388 e. The average Bonchev–Trinajstić information content (AvgIpc) is 2.58. The fourth-order valence-corrected chi connectivity index (χ4v) is 2.34. The Morgan fingerprint density at radius 1 is 1.04 bits per heavy atom. The third kappa shape index (κ3) is 3.28. The molecule has 24 heavy (non-hydrogen) atoms.